The molecule has 2 heterocycles. The minimum atomic E-state index is -1.06. The van der Waals surface area contributed by atoms with Crippen LogP contribution < -0.4 is 11.2 Å². The second-order valence-corrected chi connectivity index (χ2v) is 9.62. The standard InChI is InChI=1S/C24H23IN4O4/c1-14(2)12-28-21-19(22(30)27(3)24(28)33)20(16-7-5-8-17(11-16)23(31)32)29(26-21)13-15-6-4-9-18(25)10-15/h4-11,14H,12-13H2,1-3H3,(H,31,32). The van der Waals surface area contributed by atoms with E-state index in [2.05, 4.69) is 22.6 Å². The van der Waals surface area contributed by atoms with Crippen molar-refractivity contribution in [2.75, 3.05) is 0 Å². The Balaban J connectivity index is 2.09. The first-order chi connectivity index (χ1) is 15.7. The average Bonchev–Trinajstić information content (AvgIpc) is 3.14. The molecule has 0 atom stereocenters. The van der Waals surface area contributed by atoms with E-state index in [-0.39, 0.29) is 11.5 Å². The predicted molar refractivity (Wildman–Crippen MR) is 135 cm³/mol. The smallest absolute Gasteiger partial charge is 0.335 e. The zero-order valence-corrected chi connectivity index (χ0v) is 20.6. The molecule has 8 nitrogen and oxygen atoms in total. The molecule has 170 valence electrons. The Hall–Kier alpha value is -3.21. The summed E-state index contributed by atoms with van der Waals surface area (Å²) in [5.74, 6) is -0.905. The summed E-state index contributed by atoms with van der Waals surface area (Å²) in [6.07, 6.45) is 0. The van der Waals surface area contributed by atoms with Crippen molar-refractivity contribution in [3.63, 3.8) is 0 Å². The van der Waals surface area contributed by atoms with Gasteiger partial charge in [0.25, 0.3) is 5.56 Å². The number of hydrogen-bond donors (Lipinski definition) is 1. The Morgan fingerprint density at radius 2 is 1.85 bits per heavy atom. The van der Waals surface area contributed by atoms with E-state index in [4.69, 9.17) is 5.10 Å². The van der Waals surface area contributed by atoms with Crippen molar-refractivity contribution in [3.05, 3.63) is 84.1 Å². The van der Waals surface area contributed by atoms with Crippen molar-refractivity contribution in [3.8, 4) is 11.3 Å². The lowest BCUT2D eigenvalue weighted by atomic mass is 10.1. The lowest BCUT2D eigenvalue weighted by Crippen LogP contribution is -2.38. The minimum Gasteiger partial charge on any atom is -0.478 e. The van der Waals surface area contributed by atoms with Crippen LogP contribution in [0.2, 0.25) is 0 Å². The molecule has 4 aromatic rings. The molecule has 0 radical (unpaired) electrons. The molecule has 0 unspecified atom stereocenters. The fourth-order valence-electron chi connectivity index (χ4n) is 3.91. The number of aromatic nitrogens is 4. The predicted octanol–water partition coefficient (Wildman–Crippen LogP) is 3.57. The normalized spacial score (nSPS) is 11.4. The molecule has 0 saturated heterocycles. The second-order valence-electron chi connectivity index (χ2n) is 8.37. The number of halogens is 1. The van der Waals surface area contributed by atoms with Crippen molar-refractivity contribution in [2.45, 2.75) is 26.9 Å². The molecule has 4 rings (SSSR count). The molecule has 2 aromatic heterocycles. The Morgan fingerprint density at radius 3 is 2.52 bits per heavy atom. The van der Waals surface area contributed by atoms with E-state index < -0.39 is 17.2 Å². The maximum Gasteiger partial charge on any atom is 0.335 e. The third-order valence-electron chi connectivity index (χ3n) is 5.38. The van der Waals surface area contributed by atoms with Crippen LogP contribution in [0.3, 0.4) is 0 Å². The Bertz CT molecular complexity index is 1500. The lowest BCUT2D eigenvalue weighted by Gasteiger charge is -2.11. The summed E-state index contributed by atoms with van der Waals surface area (Å²) in [4.78, 5) is 37.8. The maximum atomic E-state index is 13.3. The van der Waals surface area contributed by atoms with Gasteiger partial charge in [0.1, 0.15) is 5.39 Å². The van der Waals surface area contributed by atoms with Gasteiger partial charge in [0.15, 0.2) is 5.65 Å². The zero-order valence-electron chi connectivity index (χ0n) is 18.4. The molecule has 0 aliphatic rings. The van der Waals surface area contributed by atoms with Crippen molar-refractivity contribution >= 4 is 39.6 Å². The maximum absolute atomic E-state index is 13.3. The van der Waals surface area contributed by atoms with Gasteiger partial charge < -0.3 is 5.11 Å². The fourth-order valence-corrected chi connectivity index (χ4v) is 4.51. The first-order valence-corrected chi connectivity index (χ1v) is 11.5. The average molecular weight is 558 g/mol. The third kappa shape index (κ3) is 4.37. The summed E-state index contributed by atoms with van der Waals surface area (Å²) in [5.41, 5.74) is 1.54. The Morgan fingerprint density at radius 1 is 1.12 bits per heavy atom. The summed E-state index contributed by atoms with van der Waals surface area (Å²) < 4.78 is 5.36. The third-order valence-corrected chi connectivity index (χ3v) is 6.05. The highest BCUT2D eigenvalue weighted by Gasteiger charge is 2.23. The molecular weight excluding hydrogens is 535 g/mol. The molecule has 0 bridgehead atoms. The van der Waals surface area contributed by atoms with Gasteiger partial charge in [-0.3, -0.25) is 18.6 Å². The van der Waals surface area contributed by atoms with Crippen molar-refractivity contribution < 1.29 is 9.90 Å². The van der Waals surface area contributed by atoms with Crippen LogP contribution in [0.25, 0.3) is 22.3 Å². The summed E-state index contributed by atoms with van der Waals surface area (Å²) in [7, 11) is 1.45. The van der Waals surface area contributed by atoms with Gasteiger partial charge in [0, 0.05) is 22.7 Å². The van der Waals surface area contributed by atoms with Crippen LogP contribution in [0.15, 0.2) is 58.1 Å². The number of carboxylic acids is 1. The molecule has 33 heavy (non-hydrogen) atoms. The van der Waals surface area contributed by atoms with E-state index in [0.717, 1.165) is 13.7 Å². The zero-order chi connectivity index (χ0) is 23.9. The van der Waals surface area contributed by atoms with Crippen LogP contribution in [0, 0.1) is 9.49 Å². The number of aromatic carboxylic acids is 1. The van der Waals surface area contributed by atoms with Crippen LogP contribution in [-0.2, 0) is 20.1 Å². The van der Waals surface area contributed by atoms with Crippen molar-refractivity contribution in [1.82, 2.24) is 18.9 Å². The van der Waals surface area contributed by atoms with Gasteiger partial charge in [-0.15, -0.1) is 0 Å². The molecule has 0 amide bonds. The van der Waals surface area contributed by atoms with Gasteiger partial charge in [-0.05, 0) is 58.3 Å². The number of carboxylic acid groups (broad SMARTS) is 1. The SMILES string of the molecule is CC(C)Cn1c(=O)n(C)c(=O)c2c(-c3cccc(C(=O)O)c3)n(Cc3cccc(I)c3)nc21. The van der Waals surface area contributed by atoms with E-state index in [1.165, 1.54) is 23.7 Å². The Kier molecular flexibility index (Phi) is 6.24. The molecule has 1 N–H and O–H groups in total. The monoisotopic (exact) mass is 558 g/mol. The number of rotatable bonds is 6. The van der Waals surface area contributed by atoms with Gasteiger partial charge in [0.2, 0.25) is 0 Å². The van der Waals surface area contributed by atoms with Gasteiger partial charge in [0.05, 0.1) is 17.8 Å². The molecule has 0 saturated carbocycles. The van der Waals surface area contributed by atoms with Gasteiger partial charge in [-0.1, -0.05) is 38.1 Å². The topological polar surface area (TPSA) is 99.1 Å². The number of benzene rings is 2. The van der Waals surface area contributed by atoms with E-state index in [0.29, 0.717) is 35.4 Å². The van der Waals surface area contributed by atoms with Crippen LogP contribution >= 0.6 is 22.6 Å². The first-order valence-electron chi connectivity index (χ1n) is 10.5. The molecule has 0 aliphatic carbocycles. The Labute approximate surface area is 203 Å². The first kappa shape index (κ1) is 23.0. The minimum absolute atomic E-state index is 0.106. The molecule has 2 aromatic carbocycles. The highest BCUT2D eigenvalue weighted by atomic mass is 127. The van der Waals surface area contributed by atoms with Crippen LogP contribution in [0.4, 0.5) is 0 Å². The number of carbonyl (C=O) groups is 1. The van der Waals surface area contributed by atoms with Crippen molar-refractivity contribution in [2.24, 2.45) is 13.0 Å². The number of nitrogens with zero attached hydrogens (tertiary/aromatic N) is 4. The van der Waals surface area contributed by atoms with Gasteiger partial charge in [-0.2, -0.15) is 5.10 Å². The molecule has 9 heteroatoms. The second kappa shape index (κ2) is 8.97. The number of fused-ring (bicyclic) bond motifs is 1. The highest BCUT2D eigenvalue weighted by molar-refractivity contribution is 14.1. The van der Waals surface area contributed by atoms with Crippen LogP contribution in [0.1, 0.15) is 29.8 Å². The fraction of sp³-hybridized carbons (Fsp3) is 0.250. The molecular formula is C24H23IN4O4. The lowest BCUT2D eigenvalue weighted by molar-refractivity contribution is 0.0697. The van der Waals surface area contributed by atoms with E-state index in [1.807, 2.05) is 38.1 Å². The molecule has 0 spiro atoms. The molecule has 0 aliphatic heterocycles. The highest BCUT2D eigenvalue weighted by Crippen LogP contribution is 2.28. The van der Waals surface area contributed by atoms with Crippen LogP contribution in [-0.4, -0.2) is 30.0 Å². The summed E-state index contributed by atoms with van der Waals surface area (Å²) in [6, 6.07) is 14.3. The van der Waals surface area contributed by atoms with Gasteiger partial charge >= 0.3 is 11.7 Å². The summed E-state index contributed by atoms with van der Waals surface area (Å²) in [5, 5.41) is 14.5. The van der Waals surface area contributed by atoms with Crippen molar-refractivity contribution in [1.29, 1.82) is 0 Å². The quantitative estimate of drug-likeness (QED) is 0.365. The van der Waals surface area contributed by atoms with E-state index in [1.54, 1.807) is 16.8 Å². The van der Waals surface area contributed by atoms with Crippen LogP contribution in [0.5, 0.6) is 0 Å². The number of hydrogen-bond acceptors (Lipinski definition) is 4. The van der Waals surface area contributed by atoms with Gasteiger partial charge in [-0.25, -0.2) is 9.59 Å². The summed E-state index contributed by atoms with van der Waals surface area (Å²) in [6.45, 7) is 4.74. The van der Waals surface area contributed by atoms with E-state index >= 15 is 0 Å². The summed E-state index contributed by atoms with van der Waals surface area (Å²) >= 11 is 2.23. The largest absolute Gasteiger partial charge is 0.478 e. The van der Waals surface area contributed by atoms with E-state index in [9.17, 15) is 19.5 Å². The molecule has 0 fully saturated rings.